The number of nitrogens with one attached hydrogen (secondary N) is 1. The molecule has 1 N–H and O–H groups in total. The number of aromatic nitrogens is 5. The number of fused-ring (bicyclic) bond motifs is 1. The largest absolute Gasteiger partial charge is 0.460 e. The zero-order chi connectivity index (χ0) is 18.8. The van der Waals surface area contributed by atoms with Gasteiger partial charge in [-0.05, 0) is 17.2 Å². The molecule has 0 fully saturated rings. The maximum atomic E-state index is 12.5. The topological polar surface area (TPSA) is 85.7 Å². The number of nitrogens with zero attached hydrogens (tertiary/aromatic N) is 4. The first kappa shape index (κ1) is 16.7. The van der Waals surface area contributed by atoms with Gasteiger partial charge in [0, 0.05) is 19.4 Å². The lowest BCUT2D eigenvalue weighted by Gasteiger charge is -2.09. The molecule has 7 heteroatoms. The molecule has 0 unspecified atom stereocenters. The van der Waals surface area contributed by atoms with Crippen molar-refractivity contribution >= 4 is 17.0 Å². The van der Waals surface area contributed by atoms with Crippen molar-refractivity contribution in [2.75, 3.05) is 0 Å². The summed E-state index contributed by atoms with van der Waals surface area (Å²) >= 11 is 0. The van der Waals surface area contributed by atoms with E-state index in [0.717, 1.165) is 11.1 Å². The number of aryl methyl sites for hydroxylation is 1. The molecule has 0 radical (unpaired) electrons. The molecule has 4 aromatic rings. The van der Waals surface area contributed by atoms with Gasteiger partial charge < -0.3 is 9.30 Å². The highest BCUT2D eigenvalue weighted by molar-refractivity contribution is 5.89. The highest BCUT2D eigenvalue weighted by atomic mass is 16.5. The van der Waals surface area contributed by atoms with Crippen molar-refractivity contribution in [3.05, 3.63) is 77.1 Å². The summed E-state index contributed by atoms with van der Waals surface area (Å²) < 4.78 is 7.56. The summed E-state index contributed by atoms with van der Waals surface area (Å²) in [6.45, 7) is 4.06. The Balaban J connectivity index is 1.74. The molecule has 0 bridgehead atoms. The lowest BCUT2D eigenvalue weighted by molar-refractivity contribution is 0.281. The van der Waals surface area contributed by atoms with E-state index in [1.54, 1.807) is 24.7 Å². The van der Waals surface area contributed by atoms with Gasteiger partial charge in [0.2, 0.25) is 0 Å². The number of H-pyrrole nitrogens is 1. The number of hydrogen-bond acceptors (Lipinski definition) is 5. The van der Waals surface area contributed by atoms with Crippen LogP contribution in [0.4, 0.5) is 0 Å². The van der Waals surface area contributed by atoms with Crippen molar-refractivity contribution in [1.82, 2.24) is 24.5 Å². The van der Waals surface area contributed by atoms with Crippen LogP contribution in [0, 0.1) is 0 Å². The van der Waals surface area contributed by atoms with Crippen molar-refractivity contribution in [2.45, 2.75) is 6.61 Å². The molecular weight excluding hydrogens is 342 g/mol. The zero-order valence-electron chi connectivity index (χ0n) is 14.7. The lowest BCUT2D eigenvalue weighted by Crippen LogP contribution is -2.12. The Bertz CT molecular complexity index is 1190. The van der Waals surface area contributed by atoms with Gasteiger partial charge in [0.15, 0.2) is 0 Å². The van der Waals surface area contributed by atoms with Crippen molar-refractivity contribution in [3.8, 4) is 17.4 Å². The molecule has 1 aromatic carbocycles. The number of rotatable bonds is 5. The fraction of sp³-hybridized carbons (Fsp3) is 0.100. The second-order valence-electron chi connectivity index (χ2n) is 6.04. The Hall–Kier alpha value is -3.74. The molecule has 3 heterocycles. The number of hydrogen-bond donors (Lipinski definition) is 1. The van der Waals surface area contributed by atoms with Crippen LogP contribution >= 0.6 is 0 Å². The average Bonchev–Trinajstić information content (AvgIpc) is 3.12. The summed E-state index contributed by atoms with van der Waals surface area (Å²) in [7, 11) is 1.87. The molecule has 3 aromatic heterocycles. The quantitative estimate of drug-likeness (QED) is 0.592. The van der Waals surface area contributed by atoms with Gasteiger partial charge in [0.1, 0.15) is 23.5 Å². The number of benzene rings is 1. The number of ether oxygens (including phenoxy) is 1. The second kappa shape index (κ2) is 6.87. The standard InChI is InChI=1S/C20H17N5O2/c1-3-13-6-4-5-7-14(13)11-27-20-23-17-15(19(26)24-20)8-9-21-18(17)16-10-25(2)12-22-16/h3-10,12H,1,11H2,2H3,(H,23,24,26). The van der Waals surface area contributed by atoms with Crippen LogP contribution in [0.15, 0.2) is 60.4 Å². The van der Waals surface area contributed by atoms with Crippen molar-refractivity contribution in [3.63, 3.8) is 0 Å². The average molecular weight is 359 g/mol. The van der Waals surface area contributed by atoms with Crippen LogP contribution in [0.25, 0.3) is 28.4 Å². The SMILES string of the molecule is C=Cc1ccccc1COc1nc2c(-c3cn(C)cn3)nccc2c(=O)[nH]1. The first-order valence-electron chi connectivity index (χ1n) is 8.36. The molecule has 0 aliphatic heterocycles. The minimum absolute atomic E-state index is 0.136. The Morgan fingerprint density at radius 2 is 2.11 bits per heavy atom. The summed E-state index contributed by atoms with van der Waals surface area (Å²) in [6, 6.07) is 9.51. The van der Waals surface area contributed by atoms with Gasteiger partial charge in [-0.15, -0.1) is 0 Å². The summed E-state index contributed by atoms with van der Waals surface area (Å²) in [5.41, 5.74) is 3.26. The molecule has 0 atom stereocenters. The van der Waals surface area contributed by atoms with Gasteiger partial charge in [-0.1, -0.05) is 36.9 Å². The van der Waals surface area contributed by atoms with E-state index in [-0.39, 0.29) is 18.2 Å². The number of imidazole rings is 1. The van der Waals surface area contributed by atoms with E-state index in [9.17, 15) is 4.79 Å². The van der Waals surface area contributed by atoms with Crippen LogP contribution in [0.5, 0.6) is 6.01 Å². The Labute approximate surface area is 155 Å². The van der Waals surface area contributed by atoms with E-state index in [4.69, 9.17) is 4.74 Å². The lowest BCUT2D eigenvalue weighted by atomic mass is 10.1. The highest BCUT2D eigenvalue weighted by Gasteiger charge is 2.13. The molecule has 0 amide bonds. The Kier molecular flexibility index (Phi) is 4.25. The third-order valence-corrected chi connectivity index (χ3v) is 4.19. The molecule has 7 nitrogen and oxygen atoms in total. The molecule has 27 heavy (non-hydrogen) atoms. The van der Waals surface area contributed by atoms with Crippen LogP contribution in [0.2, 0.25) is 0 Å². The molecule has 0 aliphatic carbocycles. The molecule has 0 spiro atoms. The van der Waals surface area contributed by atoms with Gasteiger partial charge in [-0.25, -0.2) is 4.98 Å². The minimum Gasteiger partial charge on any atom is -0.460 e. The number of pyridine rings is 1. The zero-order valence-corrected chi connectivity index (χ0v) is 14.7. The van der Waals surface area contributed by atoms with Gasteiger partial charge in [-0.2, -0.15) is 4.98 Å². The predicted octanol–water partition coefficient (Wildman–Crippen LogP) is 2.94. The maximum Gasteiger partial charge on any atom is 0.297 e. The van der Waals surface area contributed by atoms with Crippen LogP contribution in [-0.2, 0) is 13.7 Å². The fourth-order valence-corrected chi connectivity index (χ4v) is 2.85. The molecule has 0 saturated carbocycles. The first-order chi connectivity index (χ1) is 13.2. The molecular formula is C20H17N5O2. The van der Waals surface area contributed by atoms with Gasteiger partial charge in [-0.3, -0.25) is 14.8 Å². The van der Waals surface area contributed by atoms with Crippen LogP contribution in [-0.4, -0.2) is 24.5 Å². The van der Waals surface area contributed by atoms with Gasteiger partial charge >= 0.3 is 0 Å². The van der Waals surface area contributed by atoms with Crippen LogP contribution in [0.1, 0.15) is 11.1 Å². The van der Waals surface area contributed by atoms with E-state index in [2.05, 4.69) is 26.5 Å². The third kappa shape index (κ3) is 3.22. The van der Waals surface area contributed by atoms with Gasteiger partial charge in [0.25, 0.3) is 11.6 Å². The normalized spacial score (nSPS) is 10.9. The fourth-order valence-electron chi connectivity index (χ4n) is 2.85. The van der Waals surface area contributed by atoms with Crippen molar-refractivity contribution in [1.29, 1.82) is 0 Å². The van der Waals surface area contributed by atoms with Crippen LogP contribution in [0.3, 0.4) is 0 Å². The minimum atomic E-state index is -0.286. The molecule has 0 aliphatic rings. The molecule has 4 rings (SSSR count). The Morgan fingerprint density at radius 1 is 1.26 bits per heavy atom. The van der Waals surface area contributed by atoms with Crippen molar-refractivity contribution < 1.29 is 4.74 Å². The third-order valence-electron chi connectivity index (χ3n) is 4.19. The van der Waals surface area contributed by atoms with Crippen molar-refractivity contribution in [2.24, 2.45) is 7.05 Å². The van der Waals surface area contributed by atoms with E-state index in [0.29, 0.717) is 22.3 Å². The molecule has 0 saturated heterocycles. The highest BCUT2D eigenvalue weighted by Crippen LogP contribution is 2.23. The van der Waals surface area contributed by atoms with Crippen LogP contribution < -0.4 is 10.3 Å². The monoisotopic (exact) mass is 359 g/mol. The summed E-state index contributed by atoms with van der Waals surface area (Å²) in [4.78, 5) is 28.3. The predicted molar refractivity (Wildman–Crippen MR) is 103 cm³/mol. The Morgan fingerprint density at radius 3 is 2.89 bits per heavy atom. The van der Waals surface area contributed by atoms with E-state index < -0.39 is 0 Å². The maximum absolute atomic E-state index is 12.5. The number of aromatic amines is 1. The first-order valence-corrected chi connectivity index (χ1v) is 8.36. The second-order valence-corrected chi connectivity index (χ2v) is 6.04. The summed E-state index contributed by atoms with van der Waals surface area (Å²) in [6.07, 6.45) is 6.83. The van der Waals surface area contributed by atoms with E-state index >= 15 is 0 Å². The summed E-state index contributed by atoms with van der Waals surface area (Å²) in [5.74, 6) is 0. The summed E-state index contributed by atoms with van der Waals surface area (Å²) in [5, 5.41) is 0.435. The van der Waals surface area contributed by atoms with Gasteiger partial charge in [0.05, 0.1) is 11.7 Å². The van der Waals surface area contributed by atoms with E-state index in [1.165, 1.54) is 0 Å². The molecule has 134 valence electrons. The smallest absolute Gasteiger partial charge is 0.297 e. The van der Waals surface area contributed by atoms with E-state index in [1.807, 2.05) is 42.1 Å².